The quantitative estimate of drug-likeness (QED) is 0.862. The van der Waals surface area contributed by atoms with E-state index < -0.39 is 0 Å². The van der Waals surface area contributed by atoms with E-state index >= 15 is 0 Å². The summed E-state index contributed by atoms with van der Waals surface area (Å²) >= 11 is 0. The van der Waals surface area contributed by atoms with Crippen LogP contribution in [-0.4, -0.2) is 27.3 Å². The summed E-state index contributed by atoms with van der Waals surface area (Å²) in [6.07, 6.45) is 1.21. The van der Waals surface area contributed by atoms with Gasteiger partial charge in [-0.15, -0.1) is 5.10 Å². The first kappa shape index (κ1) is 12.9. The van der Waals surface area contributed by atoms with E-state index in [-0.39, 0.29) is 0 Å². The van der Waals surface area contributed by atoms with E-state index in [0.29, 0.717) is 22.8 Å². The minimum Gasteiger partial charge on any atom is -0.496 e. The van der Waals surface area contributed by atoms with Crippen LogP contribution in [0.3, 0.4) is 0 Å². The number of nitrogens with two attached hydrogens (primary N) is 1. The van der Waals surface area contributed by atoms with Gasteiger partial charge in [-0.25, -0.2) is 4.68 Å². The van der Waals surface area contributed by atoms with Crippen LogP contribution >= 0.6 is 0 Å². The molecule has 1 saturated carbocycles. The van der Waals surface area contributed by atoms with Gasteiger partial charge in [-0.05, 0) is 40.3 Å². The smallest absolute Gasteiger partial charge is 0.185 e. The van der Waals surface area contributed by atoms with Crippen molar-refractivity contribution in [1.82, 2.24) is 20.2 Å². The number of anilines is 1. The summed E-state index contributed by atoms with van der Waals surface area (Å²) < 4.78 is 7.23. The van der Waals surface area contributed by atoms with Crippen molar-refractivity contribution in [1.29, 1.82) is 0 Å². The Hall–Kier alpha value is -2.11. The van der Waals surface area contributed by atoms with E-state index in [1.165, 1.54) is 6.42 Å². The van der Waals surface area contributed by atoms with E-state index in [9.17, 15) is 0 Å². The molecule has 0 saturated heterocycles. The highest BCUT2D eigenvalue weighted by molar-refractivity contribution is 5.67. The molecule has 1 aliphatic carbocycles. The first-order valence-corrected chi connectivity index (χ1v) is 6.71. The highest BCUT2D eigenvalue weighted by Crippen LogP contribution is 2.52. The fourth-order valence-electron chi connectivity index (χ4n) is 2.51. The molecule has 1 aromatic carbocycles. The number of rotatable bonds is 4. The Morgan fingerprint density at radius 1 is 1.45 bits per heavy atom. The van der Waals surface area contributed by atoms with Crippen molar-refractivity contribution < 1.29 is 4.74 Å². The average molecular weight is 273 g/mol. The summed E-state index contributed by atoms with van der Waals surface area (Å²) in [5, 5.41) is 12.0. The van der Waals surface area contributed by atoms with Gasteiger partial charge in [-0.3, -0.25) is 0 Å². The second-order valence-electron chi connectivity index (χ2n) is 6.03. The predicted molar refractivity (Wildman–Crippen MR) is 76.1 cm³/mol. The summed E-state index contributed by atoms with van der Waals surface area (Å²) in [5.41, 5.74) is 7.71. The highest BCUT2D eigenvalue weighted by atomic mass is 16.5. The molecule has 0 bridgehead atoms. The lowest BCUT2D eigenvalue weighted by Gasteiger charge is -2.10. The predicted octanol–water partition coefficient (Wildman–Crippen LogP) is 1.98. The fraction of sp³-hybridized carbons (Fsp3) is 0.500. The van der Waals surface area contributed by atoms with Crippen LogP contribution in [0.1, 0.15) is 20.3 Å². The van der Waals surface area contributed by atoms with Crippen LogP contribution in [0.2, 0.25) is 0 Å². The topological polar surface area (TPSA) is 78.8 Å². The van der Waals surface area contributed by atoms with Crippen molar-refractivity contribution in [3.8, 4) is 17.1 Å². The molecule has 1 heterocycles. The Bertz CT molecular complexity index is 634. The fourth-order valence-corrected chi connectivity index (χ4v) is 2.51. The molecule has 0 spiro atoms. The zero-order valence-corrected chi connectivity index (χ0v) is 12.0. The number of nitrogens with zero attached hydrogens (tertiary/aromatic N) is 4. The molecular weight excluding hydrogens is 254 g/mol. The van der Waals surface area contributed by atoms with E-state index in [1.54, 1.807) is 13.2 Å². The Kier molecular flexibility index (Phi) is 2.88. The molecule has 2 aromatic rings. The lowest BCUT2D eigenvalue weighted by molar-refractivity contribution is 0.415. The van der Waals surface area contributed by atoms with Gasteiger partial charge >= 0.3 is 0 Å². The number of methoxy groups -OCH3 is 1. The molecule has 0 aliphatic heterocycles. The largest absolute Gasteiger partial charge is 0.496 e. The number of hydrogen-bond acceptors (Lipinski definition) is 5. The molecule has 106 valence electrons. The molecule has 6 nitrogen and oxygen atoms in total. The molecule has 1 aromatic heterocycles. The van der Waals surface area contributed by atoms with E-state index in [1.807, 2.05) is 16.8 Å². The molecule has 1 fully saturated rings. The van der Waals surface area contributed by atoms with Crippen LogP contribution in [0.5, 0.6) is 5.75 Å². The van der Waals surface area contributed by atoms with Crippen molar-refractivity contribution in [3.63, 3.8) is 0 Å². The van der Waals surface area contributed by atoms with Gasteiger partial charge in [0.15, 0.2) is 5.82 Å². The van der Waals surface area contributed by atoms with Gasteiger partial charge in [-0.2, -0.15) is 0 Å². The zero-order chi connectivity index (χ0) is 14.3. The molecule has 3 rings (SSSR count). The summed E-state index contributed by atoms with van der Waals surface area (Å²) in [5.74, 6) is 2.05. The summed E-state index contributed by atoms with van der Waals surface area (Å²) in [6, 6.07) is 5.52. The van der Waals surface area contributed by atoms with Gasteiger partial charge in [0.2, 0.25) is 0 Å². The second-order valence-corrected chi connectivity index (χ2v) is 6.03. The van der Waals surface area contributed by atoms with Crippen LogP contribution in [0, 0.1) is 11.3 Å². The Morgan fingerprint density at radius 3 is 2.85 bits per heavy atom. The van der Waals surface area contributed by atoms with Gasteiger partial charge in [0, 0.05) is 18.3 Å². The van der Waals surface area contributed by atoms with E-state index in [0.717, 1.165) is 17.9 Å². The van der Waals surface area contributed by atoms with Crippen molar-refractivity contribution >= 4 is 5.69 Å². The van der Waals surface area contributed by atoms with Gasteiger partial charge in [-0.1, -0.05) is 13.8 Å². The van der Waals surface area contributed by atoms with Crippen molar-refractivity contribution in [2.75, 3.05) is 12.8 Å². The molecular formula is C14H19N5O. The maximum Gasteiger partial charge on any atom is 0.185 e. The van der Waals surface area contributed by atoms with Crippen molar-refractivity contribution in [3.05, 3.63) is 18.2 Å². The Balaban J connectivity index is 1.93. The number of tetrazole rings is 1. The number of benzene rings is 1. The summed E-state index contributed by atoms with van der Waals surface area (Å²) in [6.45, 7) is 5.37. The molecule has 1 aliphatic rings. The summed E-state index contributed by atoms with van der Waals surface area (Å²) in [7, 11) is 1.62. The van der Waals surface area contributed by atoms with Crippen LogP contribution < -0.4 is 10.5 Å². The lowest BCUT2D eigenvalue weighted by atomic mass is 10.1. The van der Waals surface area contributed by atoms with Crippen molar-refractivity contribution in [2.45, 2.75) is 26.8 Å². The maximum atomic E-state index is 5.78. The molecule has 6 heteroatoms. The Morgan fingerprint density at radius 2 is 2.20 bits per heavy atom. The normalized spacial score (nSPS) is 19.9. The molecule has 20 heavy (non-hydrogen) atoms. The third-order valence-corrected chi connectivity index (χ3v) is 4.11. The highest BCUT2D eigenvalue weighted by Gasteiger charge is 2.46. The number of aromatic nitrogens is 4. The first-order chi connectivity index (χ1) is 9.51. The summed E-state index contributed by atoms with van der Waals surface area (Å²) in [4.78, 5) is 0. The minimum absolute atomic E-state index is 0.397. The zero-order valence-electron chi connectivity index (χ0n) is 12.0. The van der Waals surface area contributed by atoms with Crippen LogP contribution in [0.4, 0.5) is 5.69 Å². The molecule has 1 unspecified atom stereocenters. The van der Waals surface area contributed by atoms with Gasteiger partial charge in [0.05, 0.1) is 12.7 Å². The number of ether oxygens (including phenoxy) is 1. The van der Waals surface area contributed by atoms with Gasteiger partial charge < -0.3 is 10.5 Å². The molecule has 2 N–H and O–H groups in total. The minimum atomic E-state index is 0.397. The van der Waals surface area contributed by atoms with Crippen LogP contribution in [0.15, 0.2) is 18.2 Å². The maximum absolute atomic E-state index is 5.78. The van der Waals surface area contributed by atoms with Crippen LogP contribution in [0.25, 0.3) is 11.4 Å². The van der Waals surface area contributed by atoms with E-state index in [4.69, 9.17) is 10.5 Å². The second kappa shape index (κ2) is 4.47. The van der Waals surface area contributed by atoms with Gasteiger partial charge in [0.25, 0.3) is 0 Å². The third-order valence-electron chi connectivity index (χ3n) is 4.11. The lowest BCUT2D eigenvalue weighted by Crippen LogP contribution is -2.08. The average Bonchev–Trinajstić information content (AvgIpc) is 2.82. The van der Waals surface area contributed by atoms with Crippen molar-refractivity contribution in [2.24, 2.45) is 11.3 Å². The monoisotopic (exact) mass is 273 g/mol. The SMILES string of the molecule is COc1cc(N)ccc1-c1nnnn1CC1CC1(C)C. The molecule has 1 atom stereocenters. The van der Waals surface area contributed by atoms with E-state index in [2.05, 4.69) is 29.4 Å². The van der Waals surface area contributed by atoms with Crippen LogP contribution in [-0.2, 0) is 6.54 Å². The molecule has 0 radical (unpaired) electrons. The van der Waals surface area contributed by atoms with Gasteiger partial charge in [0.1, 0.15) is 5.75 Å². The Labute approximate surface area is 117 Å². The molecule has 0 amide bonds. The standard InChI is InChI=1S/C14H19N5O/c1-14(2)7-9(14)8-19-13(16-17-18-19)11-5-4-10(15)6-12(11)20-3/h4-6,9H,7-8,15H2,1-3H3. The number of hydrogen-bond donors (Lipinski definition) is 1. The number of nitrogen functional groups attached to an aromatic ring is 1. The first-order valence-electron chi connectivity index (χ1n) is 6.71. The third kappa shape index (κ3) is 2.21.